The van der Waals surface area contributed by atoms with Gasteiger partial charge in [-0.05, 0) is 49.9 Å². The zero-order valence-corrected chi connectivity index (χ0v) is 18.2. The molecule has 0 bridgehead atoms. The Balaban J connectivity index is 1.12. The molecule has 1 fully saturated rings. The predicted molar refractivity (Wildman–Crippen MR) is 124 cm³/mol. The maximum absolute atomic E-state index is 12.6. The van der Waals surface area contributed by atoms with Gasteiger partial charge in [-0.25, -0.2) is 4.98 Å². The molecule has 2 N–H and O–H groups in total. The van der Waals surface area contributed by atoms with E-state index in [2.05, 4.69) is 25.5 Å². The molecule has 1 aliphatic carbocycles. The topological polar surface area (TPSA) is 114 Å². The molecule has 1 amide bonds. The van der Waals surface area contributed by atoms with Gasteiger partial charge in [0.15, 0.2) is 0 Å². The number of para-hydroxylation sites is 1. The van der Waals surface area contributed by atoms with Gasteiger partial charge in [0.25, 0.3) is 5.56 Å². The van der Waals surface area contributed by atoms with Gasteiger partial charge in [-0.15, -0.1) is 10.2 Å². The maximum atomic E-state index is 12.6. The summed E-state index contributed by atoms with van der Waals surface area (Å²) in [5, 5.41) is 12.0. The summed E-state index contributed by atoms with van der Waals surface area (Å²) in [7, 11) is 0. The normalized spacial score (nSPS) is 18.3. The number of carbonyl (C=O) groups is 1. The first kappa shape index (κ1) is 21.1. The Morgan fingerprint density at radius 1 is 1.00 bits per heavy atom. The average Bonchev–Trinajstić information content (AvgIpc) is 3.35. The smallest absolute Gasteiger partial charge is 0.258 e. The molecule has 2 aromatic carbocycles. The SMILES string of the molecule is O=c1[nH]c(CCNC(=O)[C@H]2CC[C@H](c3nnc(-c4ccccc4)o3)CC2)nc2ccccc12. The van der Waals surface area contributed by atoms with Gasteiger partial charge in [-0.2, -0.15) is 0 Å². The number of H-pyrrole nitrogens is 1. The van der Waals surface area contributed by atoms with E-state index in [0.717, 1.165) is 31.2 Å². The van der Waals surface area contributed by atoms with E-state index < -0.39 is 0 Å². The molecule has 0 aliphatic heterocycles. The zero-order chi connectivity index (χ0) is 22.6. The molecule has 1 saturated carbocycles. The van der Waals surface area contributed by atoms with Crippen molar-refractivity contribution in [2.24, 2.45) is 5.92 Å². The van der Waals surface area contributed by atoms with Gasteiger partial charge >= 0.3 is 0 Å². The number of rotatable bonds is 6. The van der Waals surface area contributed by atoms with Crippen molar-refractivity contribution in [3.63, 3.8) is 0 Å². The van der Waals surface area contributed by atoms with E-state index in [-0.39, 0.29) is 23.3 Å². The minimum Gasteiger partial charge on any atom is -0.420 e. The summed E-state index contributed by atoms with van der Waals surface area (Å²) in [4.78, 5) is 32.1. The maximum Gasteiger partial charge on any atom is 0.258 e. The number of benzene rings is 2. The second-order valence-electron chi connectivity index (χ2n) is 8.43. The molecule has 5 rings (SSSR count). The molecule has 1 aliphatic rings. The zero-order valence-electron chi connectivity index (χ0n) is 18.2. The predicted octanol–water partition coefficient (Wildman–Crippen LogP) is 3.61. The molecule has 0 unspecified atom stereocenters. The number of amides is 1. The quantitative estimate of drug-likeness (QED) is 0.471. The molecule has 2 aromatic heterocycles. The highest BCUT2D eigenvalue weighted by molar-refractivity contribution is 5.79. The molecule has 2 heterocycles. The molecule has 33 heavy (non-hydrogen) atoms. The number of aromatic amines is 1. The lowest BCUT2D eigenvalue weighted by Crippen LogP contribution is -2.34. The number of nitrogens with zero attached hydrogens (tertiary/aromatic N) is 3. The van der Waals surface area contributed by atoms with Crippen molar-refractivity contribution in [3.05, 3.63) is 76.7 Å². The van der Waals surface area contributed by atoms with Crippen molar-refractivity contribution in [2.45, 2.75) is 38.0 Å². The molecule has 168 valence electrons. The lowest BCUT2D eigenvalue weighted by molar-refractivity contribution is -0.126. The summed E-state index contributed by atoms with van der Waals surface area (Å²) in [5.74, 6) is 1.97. The fourth-order valence-corrected chi connectivity index (χ4v) is 4.40. The van der Waals surface area contributed by atoms with Gasteiger partial charge in [0.05, 0.1) is 10.9 Å². The number of fused-ring (bicyclic) bond motifs is 1. The second-order valence-corrected chi connectivity index (χ2v) is 8.43. The van der Waals surface area contributed by atoms with Gasteiger partial charge in [0.2, 0.25) is 17.7 Å². The standard InChI is InChI=1S/C25H25N5O3/c31-22(26-15-14-21-27-20-9-5-4-8-19(20)23(32)28-21)16-10-12-18(13-11-16)25-30-29-24(33-25)17-6-2-1-3-7-17/h1-9,16,18H,10-15H2,(H,26,31)(H,27,28,32)/t16-,18-. The monoisotopic (exact) mass is 443 g/mol. The second kappa shape index (κ2) is 9.36. The molecule has 8 heteroatoms. The van der Waals surface area contributed by atoms with Crippen LogP contribution in [0, 0.1) is 5.92 Å². The first-order chi connectivity index (χ1) is 16.2. The first-order valence-electron chi connectivity index (χ1n) is 11.3. The number of hydrogen-bond donors (Lipinski definition) is 2. The van der Waals surface area contributed by atoms with E-state index in [4.69, 9.17) is 4.42 Å². The number of nitrogens with one attached hydrogen (secondary N) is 2. The van der Waals surface area contributed by atoms with Crippen molar-refractivity contribution >= 4 is 16.8 Å². The van der Waals surface area contributed by atoms with E-state index in [1.807, 2.05) is 48.5 Å². The van der Waals surface area contributed by atoms with Gasteiger partial charge < -0.3 is 14.7 Å². The third-order valence-corrected chi connectivity index (χ3v) is 6.23. The summed E-state index contributed by atoms with van der Waals surface area (Å²) < 4.78 is 5.90. The molecular formula is C25H25N5O3. The van der Waals surface area contributed by atoms with E-state index in [1.54, 1.807) is 6.07 Å². The summed E-state index contributed by atoms with van der Waals surface area (Å²) >= 11 is 0. The Labute approximate surface area is 190 Å². The Morgan fingerprint density at radius 3 is 2.58 bits per heavy atom. The van der Waals surface area contributed by atoms with Crippen LogP contribution in [0.3, 0.4) is 0 Å². The third kappa shape index (κ3) is 4.69. The summed E-state index contributed by atoms with van der Waals surface area (Å²) in [6.07, 6.45) is 3.72. The molecule has 8 nitrogen and oxygen atoms in total. The van der Waals surface area contributed by atoms with Crippen LogP contribution in [0.4, 0.5) is 0 Å². The van der Waals surface area contributed by atoms with E-state index in [9.17, 15) is 9.59 Å². The first-order valence-corrected chi connectivity index (χ1v) is 11.3. The van der Waals surface area contributed by atoms with Crippen molar-refractivity contribution in [1.82, 2.24) is 25.5 Å². The fraction of sp³-hybridized carbons (Fsp3) is 0.320. The Hall–Kier alpha value is -3.81. The number of carbonyl (C=O) groups excluding carboxylic acids is 1. The molecule has 0 radical (unpaired) electrons. The highest BCUT2D eigenvalue weighted by Gasteiger charge is 2.29. The van der Waals surface area contributed by atoms with Crippen molar-refractivity contribution < 1.29 is 9.21 Å². The van der Waals surface area contributed by atoms with Crippen LogP contribution in [0.2, 0.25) is 0 Å². The summed E-state index contributed by atoms with van der Waals surface area (Å²) in [5.41, 5.74) is 1.42. The van der Waals surface area contributed by atoms with Crippen LogP contribution < -0.4 is 10.9 Å². The van der Waals surface area contributed by atoms with Crippen molar-refractivity contribution in [3.8, 4) is 11.5 Å². The average molecular weight is 444 g/mol. The highest BCUT2D eigenvalue weighted by Crippen LogP contribution is 2.36. The fourth-order valence-electron chi connectivity index (χ4n) is 4.40. The van der Waals surface area contributed by atoms with Crippen molar-refractivity contribution in [1.29, 1.82) is 0 Å². The molecule has 0 spiro atoms. The van der Waals surface area contributed by atoms with Crippen LogP contribution >= 0.6 is 0 Å². The Bertz CT molecular complexity index is 1310. The molecule has 4 aromatic rings. The number of hydrogen-bond acceptors (Lipinski definition) is 6. The van der Waals surface area contributed by atoms with Crippen LogP contribution in [-0.2, 0) is 11.2 Å². The van der Waals surface area contributed by atoms with E-state index in [0.29, 0.717) is 41.5 Å². The largest absolute Gasteiger partial charge is 0.420 e. The minimum absolute atomic E-state index is 0.0265. The minimum atomic E-state index is -0.156. The highest BCUT2D eigenvalue weighted by atomic mass is 16.4. The van der Waals surface area contributed by atoms with Crippen LogP contribution in [0.1, 0.15) is 43.3 Å². The molecular weight excluding hydrogens is 418 g/mol. The molecule has 0 atom stereocenters. The van der Waals surface area contributed by atoms with Crippen molar-refractivity contribution in [2.75, 3.05) is 6.54 Å². The van der Waals surface area contributed by atoms with Crippen LogP contribution in [0.15, 0.2) is 63.8 Å². The van der Waals surface area contributed by atoms with Gasteiger partial charge in [0.1, 0.15) is 5.82 Å². The Morgan fingerprint density at radius 2 is 1.76 bits per heavy atom. The van der Waals surface area contributed by atoms with Gasteiger partial charge in [-0.3, -0.25) is 9.59 Å². The van der Waals surface area contributed by atoms with Crippen LogP contribution in [0.25, 0.3) is 22.4 Å². The van der Waals surface area contributed by atoms with Crippen LogP contribution in [0.5, 0.6) is 0 Å². The van der Waals surface area contributed by atoms with Gasteiger partial charge in [0, 0.05) is 30.4 Å². The van der Waals surface area contributed by atoms with Gasteiger partial charge in [-0.1, -0.05) is 30.3 Å². The third-order valence-electron chi connectivity index (χ3n) is 6.23. The number of aromatic nitrogens is 4. The summed E-state index contributed by atoms with van der Waals surface area (Å²) in [6, 6.07) is 17.0. The lowest BCUT2D eigenvalue weighted by atomic mass is 9.81. The molecule has 0 saturated heterocycles. The summed E-state index contributed by atoms with van der Waals surface area (Å²) in [6.45, 7) is 0.435. The van der Waals surface area contributed by atoms with E-state index >= 15 is 0 Å². The van der Waals surface area contributed by atoms with E-state index in [1.165, 1.54) is 0 Å². The van der Waals surface area contributed by atoms with Crippen LogP contribution in [-0.4, -0.2) is 32.6 Å². The lowest BCUT2D eigenvalue weighted by Gasteiger charge is -2.25. The Kier molecular flexibility index (Phi) is 5.97.